The summed E-state index contributed by atoms with van der Waals surface area (Å²) < 4.78 is 0.536. The number of nitro groups is 1. The molecular weight excluding hydrogens is 334 g/mol. The van der Waals surface area contributed by atoms with Gasteiger partial charge in [-0.05, 0) is 67.3 Å². The molecule has 1 saturated carbocycles. The zero-order valence-electron chi connectivity index (χ0n) is 12.5. The number of nitro benzene ring substituents is 1. The van der Waals surface area contributed by atoms with E-state index in [1.54, 1.807) is 12.1 Å². The van der Waals surface area contributed by atoms with Gasteiger partial charge in [0, 0.05) is 24.7 Å². The number of nitrogens with one attached hydrogen (secondary N) is 1. The van der Waals surface area contributed by atoms with Crippen molar-refractivity contribution >= 4 is 21.6 Å². The van der Waals surface area contributed by atoms with Crippen LogP contribution in [0.4, 0.5) is 5.69 Å². The zero-order valence-corrected chi connectivity index (χ0v) is 14.1. The van der Waals surface area contributed by atoms with E-state index in [4.69, 9.17) is 0 Å². The normalized spacial score (nSPS) is 22.5. The molecule has 6 heteroatoms. The first-order chi connectivity index (χ1) is 10.0. The average molecular weight is 356 g/mol. The molecule has 0 saturated heterocycles. The van der Waals surface area contributed by atoms with Crippen LogP contribution in [0.3, 0.4) is 0 Å². The molecule has 5 nitrogen and oxygen atoms in total. The molecule has 0 spiro atoms. The third-order valence-electron chi connectivity index (χ3n) is 4.37. The monoisotopic (exact) mass is 355 g/mol. The van der Waals surface area contributed by atoms with Crippen molar-refractivity contribution in [2.75, 3.05) is 14.1 Å². The average Bonchev–Trinajstić information content (AvgIpc) is 2.49. The van der Waals surface area contributed by atoms with E-state index in [0.717, 1.165) is 12.1 Å². The molecule has 1 fully saturated rings. The molecule has 1 aliphatic carbocycles. The lowest BCUT2D eigenvalue weighted by molar-refractivity contribution is -0.385. The first-order valence-electron chi connectivity index (χ1n) is 7.31. The Kier molecular flexibility index (Phi) is 5.72. The number of nitrogens with zero attached hydrogens (tertiary/aromatic N) is 2. The van der Waals surface area contributed by atoms with Gasteiger partial charge >= 0.3 is 0 Å². The largest absolute Gasteiger partial charge is 0.317 e. The zero-order chi connectivity index (χ0) is 15.4. The van der Waals surface area contributed by atoms with Gasteiger partial charge in [-0.15, -0.1) is 0 Å². The van der Waals surface area contributed by atoms with Crippen LogP contribution < -0.4 is 5.32 Å². The van der Waals surface area contributed by atoms with Crippen LogP contribution in [0.2, 0.25) is 0 Å². The van der Waals surface area contributed by atoms with Gasteiger partial charge in [0.2, 0.25) is 0 Å². The molecule has 0 amide bonds. The molecular formula is C15H22BrN3O2. The van der Waals surface area contributed by atoms with Crippen LogP contribution in [0.5, 0.6) is 0 Å². The fourth-order valence-corrected chi connectivity index (χ4v) is 3.41. The summed E-state index contributed by atoms with van der Waals surface area (Å²) in [5.41, 5.74) is 1.13. The molecule has 0 aromatic heterocycles. The topological polar surface area (TPSA) is 58.4 Å². The Labute approximate surface area is 134 Å². The lowest BCUT2D eigenvalue weighted by Gasteiger charge is -2.34. The van der Waals surface area contributed by atoms with Crippen LogP contribution in [0.15, 0.2) is 22.7 Å². The minimum Gasteiger partial charge on any atom is -0.317 e. The van der Waals surface area contributed by atoms with Crippen LogP contribution in [0.1, 0.15) is 31.2 Å². The van der Waals surface area contributed by atoms with E-state index < -0.39 is 0 Å². The second-order valence-corrected chi connectivity index (χ2v) is 6.61. The minimum atomic E-state index is -0.342. The molecule has 1 N–H and O–H groups in total. The molecule has 0 unspecified atom stereocenters. The van der Waals surface area contributed by atoms with E-state index >= 15 is 0 Å². The summed E-state index contributed by atoms with van der Waals surface area (Å²) in [5, 5.41) is 14.3. The summed E-state index contributed by atoms with van der Waals surface area (Å²) in [6.07, 6.45) is 4.76. The van der Waals surface area contributed by atoms with Crippen molar-refractivity contribution < 1.29 is 4.92 Å². The van der Waals surface area contributed by atoms with E-state index in [-0.39, 0.29) is 10.6 Å². The summed E-state index contributed by atoms with van der Waals surface area (Å²) in [5.74, 6) is 0. The van der Waals surface area contributed by atoms with E-state index in [1.807, 2.05) is 13.1 Å². The van der Waals surface area contributed by atoms with Gasteiger partial charge in [-0.25, -0.2) is 0 Å². The Hall–Kier alpha value is -0.980. The summed E-state index contributed by atoms with van der Waals surface area (Å²) in [6.45, 7) is 0.753. The van der Waals surface area contributed by atoms with E-state index in [2.05, 4.69) is 33.2 Å². The molecule has 116 valence electrons. The van der Waals surface area contributed by atoms with Gasteiger partial charge in [-0.1, -0.05) is 6.07 Å². The van der Waals surface area contributed by atoms with E-state index in [1.165, 1.54) is 25.7 Å². The third-order valence-corrected chi connectivity index (χ3v) is 5.04. The fourth-order valence-electron chi connectivity index (χ4n) is 3.02. The minimum absolute atomic E-state index is 0.139. The molecule has 0 radical (unpaired) electrons. The number of hydrogen-bond donors (Lipinski definition) is 1. The van der Waals surface area contributed by atoms with Gasteiger partial charge < -0.3 is 5.32 Å². The predicted molar refractivity (Wildman–Crippen MR) is 87.4 cm³/mol. The van der Waals surface area contributed by atoms with Crippen molar-refractivity contribution in [3.63, 3.8) is 0 Å². The highest BCUT2D eigenvalue weighted by atomic mass is 79.9. The second kappa shape index (κ2) is 7.33. The van der Waals surface area contributed by atoms with Crippen LogP contribution in [0, 0.1) is 10.1 Å². The van der Waals surface area contributed by atoms with Crippen LogP contribution >= 0.6 is 15.9 Å². The van der Waals surface area contributed by atoms with Gasteiger partial charge in [-0.2, -0.15) is 0 Å². The van der Waals surface area contributed by atoms with Gasteiger partial charge in [0.05, 0.1) is 9.40 Å². The van der Waals surface area contributed by atoms with Gasteiger partial charge in [0.25, 0.3) is 5.69 Å². The maximum Gasteiger partial charge on any atom is 0.283 e. The SMILES string of the molecule is CNC1CCC(N(C)Cc2ccc(Br)c([N+](=O)[O-])c2)CC1. The van der Waals surface area contributed by atoms with Crippen molar-refractivity contribution in [3.8, 4) is 0 Å². The van der Waals surface area contributed by atoms with Crippen molar-refractivity contribution in [2.45, 2.75) is 44.3 Å². The first kappa shape index (κ1) is 16.4. The maximum absolute atomic E-state index is 11.0. The van der Waals surface area contributed by atoms with Gasteiger partial charge in [-0.3, -0.25) is 15.0 Å². The lowest BCUT2D eigenvalue weighted by atomic mass is 9.90. The van der Waals surface area contributed by atoms with Crippen LogP contribution in [-0.4, -0.2) is 36.0 Å². The standard InChI is InChI=1S/C15H22BrN3O2/c1-17-12-4-6-13(7-5-12)18(2)10-11-3-8-14(16)15(9-11)19(20)21/h3,8-9,12-13,17H,4-7,10H2,1-2H3. The Morgan fingerprint density at radius 3 is 2.62 bits per heavy atom. The Morgan fingerprint density at radius 2 is 2.05 bits per heavy atom. The van der Waals surface area contributed by atoms with Gasteiger partial charge in [0.15, 0.2) is 0 Å². The summed E-state index contributed by atoms with van der Waals surface area (Å²) in [4.78, 5) is 13.0. The van der Waals surface area contributed by atoms with E-state index in [9.17, 15) is 10.1 Å². The van der Waals surface area contributed by atoms with Crippen LogP contribution in [0.25, 0.3) is 0 Å². The summed E-state index contributed by atoms with van der Waals surface area (Å²) in [6, 6.07) is 6.59. The Morgan fingerprint density at radius 1 is 1.38 bits per heavy atom. The van der Waals surface area contributed by atoms with Crippen LogP contribution in [-0.2, 0) is 6.54 Å². The highest BCUT2D eigenvalue weighted by Gasteiger charge is 2.23. The van der Waals surface area contributed by atoms with Gasteiger partial charge in [0.1, 0.15) is 0 Å². The molecule has 1 aromatic rings. The van der Waals surface area contributed by atoms with Crippen molar-refractivity contribution in [1.29, 1.82) is 0 Å². The third kappa shape index (κ3) is 4.25. The Bertz CT molecular complexity index is 502. The van der Waals surface area contributed by atoms with Crippen molar-refractivity contribution in [3.05, 3.63) is 38.3 Å². The molecule has 0 atom stereocenters. The maximum atomic E-state index is 11.0. The molecule has 0 bridgehead atoms. The van der Waals surface area contributed by atoms with Crippen molar-refractivity contribution in [1.82, 2.24) is 10.2 Å². The number of benzene rings is 1. The quantitative estimate of drug-likeness (QED) is 0.650. The molecule has 1 aromatic carbocycles. The van der Waals surface area contributed by atoms with Crippen molar-refractivity contribution in [2.24, 2.45) is 0 Å². The smallest absolute Gasteiger partial charge is 0.283 e. The first-order valence-corrected chi connectivity index (χ1v) is 8.11. The molecule has 1 aliphatic rings. The van der Waals surface area contributed by atoms with E-state index in [0.29, 0.717) is 16.6 Å². The summed E-state index contributed by atoms with van der Waals surface area (Å²) >= 11 is 3.23. The molecule has 21 heavy (non-hydrogen) atoms. The molecule has 2 rings (SSSR count). The Balaban J connectivity index is 1.98. The predicted octanol–water partition coefficient (Wildman–Crippen LogP) is 3.32. The number of halogens is 1. The molecule has 0 heterocycles. The highest BCUT2D eigenvalue weighted by Crippen LogP contribution is 2.28. The number of rotatable bonds is 5. The second-order valence-electron chi connectivity index (χ2n) is 5.75. The fraction of sp³-hybridized carbons (Fsp3) is 0.600. The highest BCUT2D eigenvalue weighted by molar-refractivity contribution is 9.10. The molecule has 0 aliphatic heterocycles. The summed E-state index contributed by atoms with van der Waals surface area (Å²) in [7, 11) is 4.13. The number of hydrogen-bond acceptors (Lipinski definition) is 4. The lowest BCUT2D eigenvalue weighted by Crippen LogP contribution is -2.39.